The van der Waals surface area contributed by atoms with Crippen LogP contribution in [-0.4, -0.2) is 32.4 Å². The molecular formula is C17H17ClN4OS. The summed E-state index contributed by atoms with van der Waals surface area (Å²) in [4.78, 5) is 22.9. The summed E-state index contributed by atoms with van der Waals surface area (Å²) in [5.74, 6) is -0.0270. The van der Waals surface area contributed by atoms with E-state index in [-0.39, 0.29) is 5.91 Å². The van der Waals surface area contributed by atoms with Gasteiger partial charge < -0.3 is 4.90 Å². The van der Waals surface area contributed by atoms with Gasteiger partial charge in [-0.3, -0.25) is 9.36 Å². The van der Waals surface area contributed by atoms with Gasteiger partial charge in [-0.15, -0.1) is 11.3 Å². The predicted octanol–water partition coefficient (Wildman–Crippen LogP) is 3.87. The molecule has 0 N–H and O–H groups in total. The maximum Gasteiger partial charge on any atom is 0.255 e. The molecule has 0 saturated carbocycles. The van der Waals surface area contributed by atoms with E-state index in [1.54, 1.807) is 41.7 Å². The first-order valence-corrected chi connectivity index (χ1v) is 8.68. The number of carbonyl (C=O) groups excluding carboxylic acids is 1. The van der Waals surface area contributed by atoms with Gasteiger partial charge in [0.15, 0.2) is 5.13 Å². The van der Waals surface area contributed by atoms with Crippen LogP contribution in [0.2, 0.25) is 5.15 Å². The van der Waals surface area contributed by atoms with Crippen LogP contribution < -0.4 is 0 Å². The van der Waals surface area contributed by atoms with E-state index in [1.165, 1.54) is 0 Å². The lowest BCUT2D eigenvalue weighted by atomic mass is 10.2. The molecule has 1 amide bonds. The zero-order chi connectivity index (χ0) is 17.3. The topological polar surface area (TPSA) is 51.0 Å². The summed E-state index contributed by atoms with van der Waals surface area (Å²) in [7, 11) is 1.78. The molecule has 3 heterocycles. The zero-order valence-electron chi connectivity index (χ0n) is 13.7. The Morgan fingerprint density at radius 1 is 1.33 bits per heavy atom. The molecule has 0 fully saturated rings. The predicted molar refractivity (Wildman–Crippen MR) is 96.0 cm³/mol. The molecule has 24 heavy (non-hydrogen) atoms. The number of thiazole rings is 1. The van der Waals surface area contributed by atoms with Crippen LogP contribution in [0, 0.1) is 13.8 Å². The van der Waals surface area contributed by atoms with E-state index in [4.69, 9.17) is 11.6 Å². The summed E-state index contributed by atoms with van der Waals surface area (Å²) >= 11 is 7.35. The quantitative estimate of drug-likeness (QED) is 0.663. The first-order chi connectivity index (χ1) is 11.5. The average molecular weight is 361 g/mol. The van der Waals surface area contributed by atoms with E-state index in [9.17, 15) is 4.79 Å². The van der Waals surface area contributed by atoms with Crippen LogP contribution in [0.5, 0.6) is 0 Å². The van der Waals surface area contributed by atoms with Crippen LogP contribution in [0.25, 0.3) is 5.13 Å². The van der Waals surface area contributed by atoms with Crippen molar-refractivity contribution in [1.82, 2.24) is 19.4 Å². The lowest BCUT2D eigenvalue weighted by Gasteiger charge is -2.17. The molecule has 0 aliphatic rings. The Bertz CT molecular complexity index is 856. The molecule has 0 radical (unpaired) electrons. The molecule has 0 aromatic carbocycles. The van der Waals surface area contributed by atoms with Crippen molar-refractivity contribution in [2.24, 2.45) is 0 Å². The van der Waals surface area contributed by atoms with Gasteiger partial charge in [-0.2, -0.15) is 0 Å². The van der Waals surface area contributed by atoms with Crippen LogP contribution in [0.15, 0.2) is 36.0 Å². The highest BCUT2D eigenvalue weighted by Gasteiger charge is 2.20. The number of halogens is 1. The monoisotopic (exact) mass is 360 g/mol. The number of aromatic nitrogens is 3. The number of nitrogens with zero attached hydrogens (tertiary/aromatic N) is 4. The van der Waals surface area contributed by atoms with Crippen LogP contribution >= 0.6 is 22.9 Å². The number of aryl methyl sites for hydroxylation is 1. The van der Waals surface area contributed by atoms with Crippen LogP contribution in [0.3, 0.4) is 0 Å². The molecule has 0 spiro atoms. The van der Waals surface area contributed by atoms with Crippen molar-refractivity contribution in [2.75, 3.05) is 7.05 Å². The van der Waals surface area contributed by atoms with Crippen molar-refractivity contribution in [3.8, 4) is 5.13 Å². The van der Waals surface area contributed by atoms with E-state index in [1.807, 2.05) is 35.9 Å². The van der Waals surface area contributed by atoms with Crippen molar-refractivity contribution < 1.29 is 4.79 Å². The molecule has 0 saturated heterocycles. The van der Waals surface area contributed by atoms with E-state index in [0.717, 1.165) is 22.1 Å². The minimum atomic E-state index is -0.0270. The number of pyridine rings is 1. The number of carbonyl (C=O) groups is 1. The molecule has 3 aromatic heterocycles. The molecule has 0 aliphatic heterocycles. The first-order valence-electron chi connectivity index (χ1n) is 7.42. The molecule has 3 aromatic rings. The standard InChI is InChI=1S/C17H17ClN4OS/c1-11-8-14(12(2)22(11)17-19-6-7-24-17)16(23)21(3)10-13-4-5-15(18)20-9-13/h4-9H,10H2,1-3H3. The first kappa shape index (κ1) is 16.7. The largest absolute Gasteiger partial charge is 0.337 e. The molecule has 0 aliphatic carbocycles. The Balaban J connectivity index is 1.85. The van der Waals surface area contributed by atoms with Crippen molar-refractivity contribution in [3.63, 3.8) is 0 Å². The van der Waals surface area contributed by atoms with Gasteiger partial charge in [0.05, 0.1) is 5.56 Å². The summed E-state index contributed by atoms with van der Waals surface area (Å²) in [5.41, 5.74) is 3.51. The molecule has 0 atom stereocenters. The second-order valence-electron chi connectivity index (χ2n) is 5.59. The van der Waals surface area contributed by atoms with E-state index >= 15 is 0 Å². The molecule has 3 rings (SSSR count). The summed E-state index contributed by atoms with van der Waals surface area (Å²) in [5, 5.41) is 3.24. The third-order valence-corrected chi connectivity index (χ3v) is 4.81. The van der Waals surface area contributed by atoms with Gasteiger partial charge in [0.25, 0.3) is 5.91 Å². The van der Waals surface area contributed by atoms with Gasteiger partial charge >= 0.3 is 0 Å². The minimum Gasteiger partial charge on any atom is -0.337 e. The maximum atomic E-state index is 12.8. The van der Waals surface area contributed by atoms with Gasteiger partial charge in [0.1, 0.15) is 5.15 Å². The Kier molecular flexibility index (Phi) is 4.69. The number of hydrogen-bond donors (Lipinski definition) is 0. The highest BCUT2D eigenvalue weighted by Crippen LogP contribution is 2.23. The van der Waals surface area contributed by atoms with Gasteiger partial charge in [-0.1, -0.05) is 17.7 Å². The van der Waals surface area contributed by atoms with Crippen molar-refractivity contribution in [2.45, 2.75) is 20.4 Å². The Morgan fingerprint density at radius 2 is 2.12 bits per heavy atom. The van der Waals surface area contributed by atoms with Crippen molar-refractivity contribution in [3.05, 3.63) is 63.6 Å². The van der Waals surface area contributed by atoms with E-state index < -0.39 is 0 Å². The third-order valence-electron chi connectivity index (χ3n) is 3.83. The van der Waals surface area contributed by atoms with E-state index in [0.29, 0.717) is 17.3 Å². The summed E-state index contributed by atoms with van der Waals surface area (Å²) in [6.45, 7) is 4.40. The number of rotatable bonds is 4. The summed E-state index contributed by atoms with van der Waals surface area (Å²) in [6, 6.07) is 5.51. The average Bonchev–Trinajstić information content (AvgIpc) is 3.17. The van der Waals surface area contributed by atoms with Crippen LogP contribution in [0.4, 0.5) is 0 Å². The third kappa shape index (κ3) is 3.20. The Labute approximate surface area is 149 Å². The molecule has 0 bridgehead atoms. The normalized spacial score (nSPS) is 10.8. The molecule has 124 valence electrons. The summed E-state index contributed by atoms with van der Waals surface area (Å²) in [6.07, 6.45) is 3.45. The second-order valence-corrected chi connectivity index (χ2v) is 6.85. The van der Waals surface area contributed by atoms with Gasteiger partial charge in [0.2, 0.25) is 0 Å². The molecular weight excluding hydrogens is 344 g/mol. The minimum absolute atomic E-state index is 0.0270. The van der Waals surface area contributed by atoms with Crippen molar-refractivity contribution in [1.29, 1.82) is 0 Å². The Hall–Kier alpha value is -2.18. The van der Waals surface area contributed by atoms with Crippen LogP contribution in [0.1, 0.15) is 27.3 Å². The molecule has 0 unspecified atom stereocenters. The van der Waals surface area contributed by atoms with E-state index in [2.05, 4.69) is 9.97 Å². The smallest absolute Gasteiger partial charge is 0.255 e. The lowest BCUT2D eigenvalue weighted by molar-refractivity contribution is 0.0784. The number of amides is 1. The maximum absolute atomic E-state index is 12.8. The highest BCUT2D eigenvalue weighted by atomic mass is 35.5. The molecule has 5 nitrogen and oxygen atoms in total. The van der Waals surface area contributed by atoms with Crippen molar-refractivity contribution >= 4 is 28.8 Å². The SMILES string of the molecule is Cc1cc(C(=O)N(C)Cc2ccc(Cl)nc2)c(C)n1-c1nccs1. The lowest BCUT2D eigenvalue weighted by Crippen LogP contribution is -2.26. The zero-order valence-corrected chi connectivity index (χ0v) is 15.2. The fourth-order valence-corrected chi connectivity index (χ4v) is 3.51. The molecule has 7 heteroatoms. The second kappa shape index (κ2) is 6.75. The number of hydrogen-bond acceptors (Lipinski definition) is 4. The van der Waals surface area contributed by atoms with Gasteiger partial charge in [0, 0.05) is 42.8 Å². The Morgan fingerprint density at radius 3 is 2.75 bits per heavy atom. The van der Waals surface area contributed by atoms with Crippen LogP contribution in [-0.2, 0) is 6.54 Å². The highest BCUT2D eigenvalue weighted by molar-refractivity contribution is 7.12. The summed E-state index contributed by atoms with van der Waals surface area (Å²) < 4.78 is 2.01. The fraction of sp³-hybridized carbons (Fsp3) is 0.235. The van der Waals surface area contributed by atoms with Gasteiger partial charge in [-0.25, -0.2) is 9.97 Å². The van der Waals surface area contributed by atoms with Gasteiger partial charge in [-0.05, 0) is 31.5 Å². The fourth-order valence-electron chi connectivity index (χ4n) is 2.65.